The second-order valence-electron chi connectivity index (χ2n) is 4.23. The predicted octanol–water partition coefficient (Wildman–Crippen LogP) is 1.85. The number of nitrogens with one attached hydrogen (secondary N) is 1. The third-order valence-electron chi connectivity index (χ3n) is 2.95. The molecule has 0 aliphatic rings. The molecule has 0 fully saturated rings. The maximum absolute atomic E-state index is 5.36. The van der Waals surface area contributed by atoms with Gasteiger partial charge in [-0.05, 0) is 45.7 Å². The minimum Gasteiger partial charge on any atom is -0.382 e. The van der Waals surface area contributed by atoms with Gasteiger partial charge in [0.05, 0.1) is 6.20 Å². The Morgan fingerprint density at radius 1 is 1.47 bits per heavy atom. The van der Waals surface area contributed by atoms with Crippen molar-refractivity contribution in [3.05, 3.63) is 18.0 Å². The molecule has 0 amide bonds. The summed E-state index contributed by atoms with van der Waals surface area (Å²) in [4.78, 5) is 0. The Bertz CT molecular complexity index is 299. The molecule has 0 aliphatic carbocycles. The van der Waals surface area contributed by atoms with E-state index in [-0.39, 0.29) is 0 Å². The summed E-state index contributed by atoms with van der Waals surface area (Å²) in [7, 11) is 2.02. The van der Waals surface area contributed by atoms with Gasteiger partial charge in [0.1, 0.15) is 0 Å². The first-order valence-electron chi connectivity index (χ1n) is 6.56. The van der Waals surface area contributed by atoms with Gasteiger partial charge >= 0.3 is 0 Å². The van der Waals surface area contributed by atoms with Crippen LogP contribution in [0.2, 0.25) is 0 Å². The van der Waals surface area contributed by atoms with E-state index in [0.29, 0.717) is 6.04 Å². The number of likely N-dealkylation sites (N-methyl/N-ethyl adjacent to an activating group) is 1. The zero-order chi connectivity index (χ0) is 12.5. The number of hydrogen-bond donors (Lipinski definition) is 1. The van der Waals surface area contributed by atoms with Gasteiger partial charge in [-0.15, -0.1) is 0 Å². The molecule has 0 aromatic carbocycles. The van der Waals surface area contributed by atoms with Crippen LogP contribution in [0, 0.1) is 0 Å². The van der Waals surface area contributed by atoms with Crippen molar-refractivity contribution < 1.29 is 4.74 Å². The van der Waals surface area contributed by atoms with Crippen LogP contribution in [0.3, 0.4) is 0 Å². The molecule has 17 heavy (non-hydrogen) atoms. The molecule has 0 spiro atoms. The first-order chi connectivity index (χ1) is 8.30. The second kappa shape index (κ2) is 8.25. The molecule has 1 aromatic rings. The average Bonchev–Trinajstić information content (AvgIpc) is 2.80. The summed E-state index contributed by atoms with van der Waals surface area (Å²) >= 11 is 0. The molecule has 0 aliphatic heterocycles. The fraction of sp³-hybridized carbons (Fsp3) is 0.769. The summed E-state index contributed by atoms with van der Waals surface area (Å²) in [5.41, 5.74) is 1.31. The topological polar surface area (TPSA) is 39.1 Å². The normalized spacial score (nSPS) is 12.9. The quantitative estimate of drug-likeness (QED) is 0.668. The standard InChI is InChI=1S/C13H25N3O/c1-4-16-11-12(10-15-16)9-13(14-3)7-6-8-17-5-2/h10-11,13-14H,4-9H2,1-3H3. The van der Waals surface area contributed by atoms with Crippen LogP contribution in [0.15, 0.2) is 12.4 Å². The number of aryl methyl sites for hydroxylation is 1. The smallest absolute Gasteiger partial charge is 0.0522 e. The summed E-state index contributed by atoms with van der Waals surface area (Å²) in [6.07, 6.45) is 7.40. The van der Waals surface area contributed by atoms with E-state index in [9.17, 15) is 0 Å². The van der Waals surface area contributed by atoms with Crippen molar-refractivity contribution in [3.63, 3.8) is 0 Å². The highest BCUT2D eigenvalue weighted by Crippen LogP contribution is 2.07. The molecule has 0 saturated heterocycles. The van der Waals surface area contributed by atoms with Gasteiger partial charge in [-0.25, -0.2) is 0 Å². The molecule has 1 aromatic heterocycles. The Labute approximate surface area is 104 Å². The second-order valence-corrected chi connectivity index (χ2v) is 4.23. The van der Waals surface area contributed by atoms with Crippen LogP contribution in [-0.4, -0.2) is 36.1 Å². The molecule has 1 unspecified atom stereocenters. The largest absolute Gasteiger partial charge is 0.382 e. The molecule has 0 radical (unpaired) electrons. The Hall–Kier alpha value is -0.870. The molecule has 0 bridgehead atoms. The van der Waals surface area contributed by atoms with Gasteiger partial charge in [0.15, 0.2) is 0 Å². The lowest BCUT2D eigenvalue weighted by molar-refractivity contribution is 0.141. The molecule has 1 rings (SSSR count). The van der Waals surface area contributed by atoms with Gasteiger partial charge in [-0.3, -0.25) is 4.68 Å². The first-order valence-corrected chi connectivity index (χ1v) is 6.56. The van der Waals surface area contributed by atoms with E-state index < -0.39 is 0 Å². The van der Waals surface area contributed by atoms with E-state index in [1.54, 1.807) is 0 Å². The highest BCUT2D eigenvalue weighted by atomic mass is 16.5. The van der Waals surface area contributed by atoms with Crippen LogP contribution >= 0.6 is 0 Å². The molecule has 1 atom stereocenters. The van der Waals surface area contributed by atoms with Crippen LogP contribution in [0.25, 0.3) is 0 Å². The van der Waals surface area contributed by atoms with Crippen molar-refractivity contribution in [2.24, 2.45) is 0 Å². The Balaban J connectivity index is 2.30. The van der Waals surface area contributed by atoms with Gasteiger partial charge in [-0.1, -0.05) is 0 Å². The molecule has 98 valence electrons. The average molecular weight is 239 g/mol. The monoisotopic (exact) mass is 239 g/mol. The van der Waals surface area contributed by atoms with Gasteiger partial charge in [-0.2, -0.15) is 5.10 Å². The van der Waals surface area contributed by atoms with E-state index in [4.69, 9.17) is 4.74 Å². The van der Waals surface area contributed by atoms with Crippen LogP contribution in [0.4, 0.5) is 0 Å². The number of aromatic nitrogens is 2. The lowest BCUT2D eigenvalue weighted by Gasteiger charge is -2.14. The van der Waals surface area contributed by atoms with Crippen molar-refractivity contribution in [2.75, 3.05) is 20.3 Å². The molecule has 1 heterocycles. The fourth-order valence-corrected chi connectivity index (χ4v) is 1.89. The summed E-state index contributed by atoms with van der Waals surface area (Å²) in [6.45, 7) is 6.76. The predicted molar refractivity (Wildman–Crippen MR) is 70.2 cm³/mol. The van der Waals surface area contributed by atoms with E-state index in [2.05, 4.69) is 23.5 Å². The Kier molecular flexibility index (Phi) is 6.89. The molecular formula is C13H25N3O. The number of hydrogen-bond acceptors (Lipinski definition) is 3. The number of nitrogens with zero attached hydrogens (tertiary/aromatic N) is 2. The summed E-state index contributed by atoms with van der Waals surface area (Å²) in [6, 6.07) is 0.518. The van der Waals surface area contributed by atoms with E-state index in [0.717, 1.165) is 39.0 Å². The Morgan fingerprint density at radius 2 is 2.29 bits per heavy atom. The number of ether oxygens (including phenoxy) is 1. The molecule has 4 heteroatoms. The lowest BCUT2D eigenvalue weighted by atomic mass is 10.0. The van der Waals surface area contributed by atoms with Crippen LogP contribution in [-0.2, 0) is 17.7 Å². The fourth-order valence-electron chi connectivity index (χ4n) is 1.89. The van der Waals surface area contributed by atoms with E-state index >= 15 is 0 Å². The number of rotatable bonds is 9. The van der Waals surface area contributed by atoms with Gasteiger partial charge in [0.25, 0.3) is 0 Å². The van der Waals surface area contributed by atoms with Gasteiger partial charge in [0.2, 0.25) is 0 Å². The highest BCUT2D eigenvalue weighted by Gasteiger charge is 2.08. The highest BCUT2D eigenvalue weighted by molar-refractivity contribution is 5.06. The summed E-state index contributed by atoms with van der Waals surface area (Å²) in [5.74, 6) is 0. The van der Waals surface area contributed by atoms with Crippen molar-refractivity contribution in [2.45, 2.75) is 45.7 Å². The minimum absolute atomic E-state index is 0.518. The van der Waals surface area contributed by atoms with Crippen LogP contribution < -0.4 is 5.32 Å². The lowest BCUT2D eigenvalue weighted by Crippen LogP contribution is -2.27. The van der Waals surface area contributed by atoms with Crippen molar-refractivity contribution in [1.29, 1.82) is 0 Å². The summed E-state index contributed by atoms with van der Waals surface area (Å²) in [5, 5.41) is 7.66. The van der Waals surface area contributed by atoms with Crippen molar-refractivity contribution in [3.8, 4) is 0 Å². The third-order valence-corrected chi connectivity index (χ3v) is 2.95. The van der Waals surface area contributed by atoms with Crippen molar-refractivity contribution >= 4 is 0 Å². The first kappa shape index (κ1) is 14.2. The molecule has 1 N–H and O–H groups in total. The summed E-state index contributed by atoms with van der Waals surface area (Å²) < 4.78 is 7.33. The van der Waals surface area contributed by atoms with E-state index in [1.807, 2.05) is 24.9 Å². The zero-order valence-corrected chi connectivity index (χ0v) is 11.3. The maximum atomic E-state index is 5.36. The molecule has 0 saturated carbocycles. The molecule has 4 nitrogen and oxygen atoms in total. The van der Waals surface area contributed by atoms with Crippen LogP contribution in [0.1, 0.15) is 32.3 Å². The third kappa shape index (κ3) is 5.33. The maximum Gasteiger partial charge on any atom is 0.0522 e. The SMILES string of the molecule is CCOCCCC(Cc1cnn(CC)c1)NC. The van der Waals surface area contributed by atoms with Gasteiger partial charge < -0.3 is 10.1 Å². The van der Waals surface area contributed by atoms with Crippen molar-refractivity contribution in [1.82, 2.24) is 15.1 Å². The van der Waals surface area contributed by atoms with Gasteiger partial charge in [0, 0.05) is 32.0 Å². The Morgan fingerprint density at radius 3 is 2.88 bits per heavy atom. The van der Waals surface area contributed by atoms with Crippen LogP contribution in [0.5, 0.6) is 0 Å². The molecular weight excluding hydrogens is 214 g/mol. The zero-order valence-electron chi connectivity index (χ0n) is 11.3. The van der Waals surface area contributed by atoms with E-state index in [1.165, 1.54) is 5.56 Å². The minimum atomic E-state index is 0.518.